The maximum absolute atomic E-state index is 8.67. The lowest BCUT2D eigenvalue weighted by molar-refractivity contribution is 0.283. The number of hydrogen-bond donors (Lipinski definition) is 3. The lowest BCUT2D eigenvalue weighted by Gasteiger charge is -2.20. The SMILES string of the molecule is CN(CCCCCO)c1ccc(N)c(N)c1. The van der Waals surface area contributed by atoms with Crippen LogP contribution < -0.4 is 16.4 Å². The van der Waals surface area contributed by atoms with Gasteiger partial charge in [0.25, 0.3) is 0 Å². The molecule has 0 saturated heterocycles. The van der Waals surface area contributed by atoms with Gasteiger partial charge in [0.05, 0.1) is 11.4 Å². The summed E-state index contributed by atoms with van der Waals surface area (Å²) in [7, 11) is 2.03. The summed E-state index contributed by atoms with van der Waals surface area (Å²) < 4.78 is 0. The van der Waals surface area contributed by atoms with Crippen LogP contribution in [0.15, 0.2) is 18.2 Å². The minimum Gasteiger partial charge on any atom is -0.397 e. The Balaban J connectivity index is 2.46. The molecule has 4 heteroatoms. The van der Waals surface area contributed by atoms with Crippen LogP contribution >= 0.6 is 0 Å². The van der Waals surface area contributed by atoms with E-state index in [9.17, 15) is 0 Å². The van der Waals surface area contributed by atoms with Gasteiger partial charge in [-0.15, -0.1) is 0 Å². The average Bonchev–Trinajstić information content (AvgIpc) is 2.28. The second-order valence-electron chi connectivity index (χ2n) is 4.02. The number of unbranched alkanes of at least 4 members (excludes halogenated alkanes) is 2. The smallest absolute Gasteiger partial charge is 0.0568 e. The normalized spacial score (nSPS) is 10.4. The monoisotopic (exact) mass is 223 g/mol. The fourth-order valence-electron chi connectivity index (χ4n) is 1.57. The van der Waals surface area contributed by atoms with Crippen molar-refractivity contribution < 1.29 is 5.11 Å². The van der Waals surface area contributed by atoms with Crippen molar-refractivity contribution in [3.63, 3.8) is 0 Å². The van der Waals surface area contributed by atoms with Crippen LogP contribution in [0.2, 0.25) is 0 Å². The van der Waals surface area contributed by atoms with Crippen molar-refractivity contribution in [1.29, 1.82) is 0 Å². The average molecular weight is 223 g/mol. The molecule has 0 unspecified atom stereocenters. The van der Waals surface area contributed by atoms with Crippen LogP contribution in [0.3, 0.4) is 0 Å². The van der Waals surface area contributed by atoms with Gasteiger partial charge in [0, 0.05) is 25.9 Å². The number of nitrogen functional groups attached to an aromatic ring is 2. The molecule has 0 amide bonds. The van der Waals surface area contributed by atoms with Gasteiger partial charge in [-0.3, -0.25) is 0 Å². The molecule has 0 spiro atoms. The fourth-order valence-corrected chi connectivity index (χ4v) is 1.57. The van der Waals surface area contributed by atoms with E-state index in [0.29, 0.717) is 11.4 Å². The van der Waals surface area contributed by atoms with E-state index in [-0.39, 0.29) is 6.61 Å². The second kappa shape index (κ2) is 6.23. The van der Waals surface area contributed by atoms with E-state index in [1.54, 1.807) is 0 Å². The maximum Gasteiger partial charge on any atom is 0.0568 e. The van der Waals surface area contributed by atoms with Crippen LogP contribution in [0.25, 0.3) is 0 Å². The molecule has 0 fully saturated rings. The Morgan fingerprint density at radius 1 is 1.12 bits per heavy atom. The van der Waals surface area contributed by atoms with Gasteiger partial charge in [-0.05, 0) is 37.5 Å². The van der Waals surface area contributed by atoms with Crippen LogP contribution in [0, 0.1) is 0 Å². The van der Waals surface area contributed by atoms with Gasteiger partial charge in [-0.1, -0.05) is 0 Å². The number of anilines is 3. The molecular formula is C12H21N3O. The topological polar surface area (TPSA) is 75.5 Å². The van der Waals surface area contributed by atoms with Crippen molar-refractivity contribution in [2.75, 3.05) is 36.6 Å². The predicted molar refractivity (Wildman–Crippen MR) is 69.5 cm³/mol. The fraction of sp³-hybridized carbons (Fsp3) is 0.500. The van der Waals surface area contributed by atoms with E-state index in [1.807, 2.05) is 25.2 Å². The van der Waals surface area contributed by atoms with Gasteiger partial charge in [-0.25, -0.2) is 0 Å². The zero-order valence-electron chi connectivity index (χ0n) is 9.82. The number of aliphatic hydroxyl groups is 1. The van der Waals surface area contributed by atoms with Crippen LogP contribution in [0.5, 0.6) is 0 Å². The zero-order chi connectivity index (χ0) is 12.0. The number of rotatable bonds is 6. The summed E-state index contributed by atoms with van der Waals surface area (Å²) in [6, 6.07) is 5.69. The number of aliphatic hydroxyl groups excluding tert-OH is 1. The Bertz CT molecular complexity index is 328. The molecule has 1 aromatic carbocycles. The number of nitrogens with two attached hydrogens (primary N) is 2. The third kappa shape index (κ3) is 3.62. The van der Waals surface area contributed by atoms with Crippen LogP contribution in [-0.2, 0) is 0 Å². The molecule has 1 aromatic rings. The van der Waals surface area contributed by atoms with E-state index >= 15 is 0 Å². The highest BCUT2D eigenvalue weighted by Crippen LogP contribution is 2.22. The van der Waals surface area contributed by atoms with Crippen LogP contribution in [-0.4, -0.2) is 25.3 Å². The van der Waals surface area contributed by atoms with E-state index in [1.165, 1.54) is 0 Å². The highest BCUT2D eigenvalue weighted by atomic mass is 16.2. The zero-order valence-corrected chi connectivity index (χ0v) is 9.82. The van der Waals surface area contributed by atoms with Crippen molar-refractivity contribution in [2.24, 2.45) is 0 Å². The second-order valence-corrected chi connectivity index (χ2v) is 4.02. The Morgan fingerprint density at radius 2 is 1.88 bits per heavy atom. The summed E-state index contributed by atoms with van der Waals surface area (Å²) >= 11 is 0. The molecule has 0 heterocycles. The lowest BCUT2D eigenvalue weighted by atomic mass is 10.2. The largest absolute Gasteiger partial charge is 0.397 e. The molecule has 0 bridgehead atoms. The Labute approximate surface area is 96.9 Å². The highest BCUT2D eigenvalue weighted by molar-refractivity contribution is 5.69. The Kier molecular flexibility index (Phi) is 4.92. The number of hydrogen-bond acceptors (Lipinski definition) is 4. The van der Waals surface area contributed by atoms with Crippen LogP contribution in [0.4, 0.5) is 17.1 Å². The Morgan fingerprint density at radius 3 is 2.50 bits per heavy atom. The lowest BCUT2D eigenvalue weighted by Crippen LogP contribution is -2.18. The minimum atomic E-state index is 0.276. The van der Waals surface area contributed by atoms with E-state index < -0.39 is 0 Å². The molecule has 0 aliphatic rings. The predicted octanol–water partition coefficient (Wildman–Crippen LogP) is 1.45. The van der Waals surface area contributed by atoms with Crippen molar-refractivity contribution in [2.45, 2.75) is 19.3 Å². The van der Waals surface area contributed by atoms with Gasteiger partial charge in [-0.2, -0.15) is 0 Å². The molecule has 16 heavy (non-hydrogen) atoms. The molecule has 1 rings (SSSR count). The first-order chi connectivity index (χ1) is 7.65. The number of nitrogens with zero attached hydrogens (tertiary/aromatic N) is 1. The minimum absolute atomic E-state index is 0.276. The highest BCUT2D eigenvalue weighted by Gasteiger charge is 2.02. The van der Waals surface area contributed by atoms with Gasteiger partial charge in [0.2, 0.25) is 0 Å². The molecule has 4 nitrogen and oxygen atoms in total. The van der Waals surface area contributed by atoms with Gasteiger partial charge in [0.15, 0.2) is 0 Å². The molecule has 0 saturated carbocycles. The molecule has 0 aliphatic heterocycles. The van der Waals surface area contributed by atoms with E-state index in [4.69, 9.17) is 16.6 Å². The quantitative estimate of drug-likeness (QED) is 0.504. The van der Waals surface area contributed by atoms with Crippen LogP contribution in [0.1, 0.15) is 19.3 Å². The van der Waals surface area contributed by atoms with E-state index in [2.05, 4.69) is 4.90 Å². The maximum atomic E-state index is 8.67. The molecule has 0 atom stereocenters. The molecular weight excluding hydrogens is 202 g/mol. The van der Waals surface area contributed by atoms with E-state index in [0.717, 1.165) is 31.5 Å². The summed E-state index contributed by atoms with van der Waals surface area (Å²) in [6.45, 7) is 1.24. The van der Waals surface area contributed by atoms with Gasteiger partial charge in [0.1, 0.15) is 0 Å². The first-order valence-corrected chi connectivity index (χ1v) is 5.62. The van der Waals surface area contributed by atoms with Crippen molar-refractivity contribution in [1.82, 2.24) is 0 Å². The molecule has 5 N–H and O–H groups in total. The third-order valence-corrected chi connectivity index (χ3v) is 2.66. The van der Waals surface area contributed by atoms with Crippen molar-refractivity contribution >= 4 is 17.1 Å². The molecule has 0 aliphatic carbocycles. The first-order valence-electron chi connectivity index (χ1n) is 5.62. The summed E-state index contributed by atoms with van der Waals surface area (Å²) in [5.41, 5.74) is 13.7. The van der Waals surface area contributed by atoms with Crippen molar-refractivity contribution in [3.8, 4) is 0 Å². The van der Waals surface area contributed by atoms with Gasteiger partial charge >= 0.3 is 0 Å². The Hall–Kier alpha value is -1.42. The summed E-state index contributed by atoms with van der Waals surface area (Å²) in [5.74, 6) is 0. The molecule has 0 aromatic heterocycles. The molecule has 0 radical (unpaired) electrons. The summed E-state index contributed by atoms with van der Waals surface area (Å²) in [6.07, 6.45) is 2.99. The van der Waals surface area contributed by atoms with Crippen molar-refractivity contribution in [3.05, 3.63) is 18.2 Å². The third-order valence-electron chi connectivity index (χ3n) is 2.66. The first kappa shape index (κ1) is 12.6. The standard InChI is InChI=1S/C12H21N3O/c1-15(7-3-2-4-8-16)10-5-6-11(13)12(14)9-10/h5-6,9,16H,2-4,7-8,13-14H2,1H3. The summed E-state index contributed by atoms with van der Waals surface area (Å²) in [5, 5.41) is 8.67. The van der Waals surface area contributed by atoms with Gasteiger partial charge < -0.3 is 21.5 Å². The number of benzene rings is 1. The molecule has 90 valence electrons. The summed E-state index contributed by atoms with van der Waals surface area (Å²) in [4.78, 5) is 2.15.